The fourth-order valence-corrected chi connectivity index (χ4v) is 4.14. The monoisotopic (exact) mass is 387 g/mol. The van der Waals surface area contributed by atoms with Gasteiger partial charge in [-0.1, -0.05) is 91.0 Å². The van der Waals surface area contributed by atoms with E-state index in [0.717, 1.165) is 42.6 Å². The quantitative estimate of drug-likeness (QED) is 0.446. The van der Waals surface area contributed by atoms with Crippen LogP contribution in [0.4, 0.5) is 0 Å². The van der Waals surface area contributed by atoms with Gasteiger partial charge in [0.2, 0.25) is 0 Å². The Morgan fingerprint density at radius 1 is 0.655 bits per heavy atom. The van der Waals surface area contributed by atoms with Crippen LogP contribution in [0.15, 0.2) is 91.0 Å². The molecule has 0 atom stereocenters. The highest BCUT2D eigenvalue weighted by atomic mass is 16.5. The summed E-state index contributed by atoms with van der Waals surface area (Å²) < 4.78 is 12.9. The van der Waals surface area contributed by atoms with Crippen molar-refractivity contribution >= 4 is 0 Å². The van der Waals surface area contributed by atoms with Crippen LogP contribution >= 0.6 is 0 Å². The van der Waals surface area contributed by atoms with Gasteiger partial charge in [-0.2, -0.15) is 0 Å². The normalized spacial score (nSPS) is 15.3. The summed E-state index contributed by atoms with van der Waals surface area (Å²) in [4.78, 5) is 0. The van der Waals surface area contributed by atoms with Gasteiger partial charge in [0.05, 0.1) is 19.3 Å². The molecular formula is C26H29NO2. The van der Waals surface area contributed by atoms with Crippen molar-refractivity contribution in [1.82, 2.24) is 5.32 Å². The van der Waals surface area contributed by atoms with E-state index in [0.29, 0.717) is 19.3 Å². The molecule has 1 saturated heterocycles. The molecule has 1 heterocycles. The SMILES string of the molecule is c1ccc(C(OCCOC2CCNCC2)(c2ccccc2)c2ccccc2)cc1. The summed E-state index contributed by atoms with van der Waals surface area (Å²) >= 11 is 0. The van der Waals surface area contributed by atoms with Crippen molar-refractivity contribution in [3.8, 4) is 0 Å². The molecule has 0 radical (unpaired) electrons. The third kappa shape index (κ3) is 4.59. The van der Waals surface area contributed by atoms with Crippen LogP contribution in [0.5, 0.6) is 0 Å². The van der Waals surface area contributed by atoms with Crippen molar-refractivity contribution in [3.05, 3.63) is 108 Å². The minimum atomic E-state index is -0.665. The zero-order valence-corrected chi connectivity index (χ0v) is 16.8. The molecule has 0 saturated carbocycles. The van der Waals surface area contributed by atoms with Crippen molar-refractivity contribution in [2.75, 3.05) is 26.3 Å². The Morgan fingerprint density at radius 2 is 1.10 bits per heavy atom. The minimum Gasteiger partial charge on any atom is -0.376 e. The topological polar surface area (TPSA) is 30.5 Å². The van der Waals surface area contributed by atoms with Crippen molar-refractivity contribution in [1.29, 1.82) is 0 Å². The fourth-order valence-electron chi connectivity index (χ4n) is 4.14. The van der Waals surface area contributed by atoms with E-state index in [-0.39, 0.29) is 0 Å². The molecular weight excluding hydrogens is 358 g/mol. The van der Waals surface area contributed by atoms with Crippen LogP contribution < -0.4 is 5.32 Å². The maximum absolute atomic E-state index is 6.74. The van der Waals surface area contributed by atoms with E-state index in [4.69, 9.17) is 9.47 Å². The summed E-state index contributed by atoms with van der Waals surface area (Å²) in [5, 5.41) is 3.38. The Labute approximate surface area is 173 Å². The van der Waals surface area contributed by atoms with Gasteiger partial charge in [0.1, 0.15) is 5.60 Å². The molecule has 3 aromatic carbocycles. The smallest absolute Gasteiger partial charge is 0.143 e. The van der Waals surface area contributed by atoms with Crippen LogP contribution in [0, 0.1) is 0 Å². The maximum atomic E-state index is 6.74. The molecule has 0 aliphatic carbocycles. The summed E-state index contributed by atoms with van der Waals surface area (Å²) in [6, 6.07) is 31.5. The number of hydrogen-bond acceptors (Lipinski definition) is 3. The van der Waals surface area contributed by atoms with Crippen LogP contribution in [-0.2, 0) is 15.1 Å². The summed E-state index contributed by atoms with van der Waals surface area (Å²) in [5.41, 5.74) is 2.71. The zero-order chi connectivity index (χ0) is 19.8. The summed E-state index contributed by atoms with van der Waals surface area (Å²) in [7, 11) is 0. The average Bonchev–Trinajstić information content (AvgIpc) is 2.82. The standard InChI is InChI=1S/C26H29NO2/c1-4-10-22(11-5-1)26(23-12-6-2-7-13-23,24-14-8-3-9-15-24)29-21-20-28-25-16-18-27-19-17-25/h1-15,25,27H,16-21H2. The number of hydrogen-bond donors (Lipinski definition) is 1. The lowest BCUT2D eigenvalue weighted by Gasteiger charge is -2.36. The number of rotatable bonds is 8. The lowest BCUT2D eigenvalue weighted by atomic mass is 9.80. The van der Waals surface area contributed by atoms with Gasteiger partial charge in [-0.05, 0) is 42.6 Å². The van der Waals surface area contributed by atoms with E-state index < -0.39 is 5.60 Å². The Kier molecular flexibility index (Phi) is 6.73. The van der Waals surface area contributed by atoms with E-state index in [1.807, 2.05) is 18.2 Å². The average molecular weight is 388 g/mol. The molecule has 1 aliphatic heterocycles. The molecule has 150 valence electrons. The molecule has 0 unspecified atom stereocenters. The van der Waals surface area contributed by atoms with E-state index >= 15 is 0 Å². The Balaban J connectivity index is 1.64. The summed E-state index contributed by atoms with van der Waals surface area (Å²) in [5.74, 6) is 0. The lowest BCUT2D eigenvalue weighted by Crippen LogP contribution is -2.36. The Morgan fingerprint density at radius 3 is 1.55 bits per heavy atom. The second-order valence-corrected chi connectivity index (χ2v) is 7.45. The van der Waals surface area contributed by atoms with E-state index in [2.05, 4.69) is 78.1 Å². The molecule has 4 rings (SSSR count). The minimum absolute atomic E-state index is 0.333. The van der Waals surface area contributed by atoms with Gasteiger partial charge in [-0.3, -0.25) is 0 Å². The van der Waals surface area contributed by atoms with Crippen LogP contribution in [0.25, 0.3) is 0 Å². The zero-order valence-electron chi connectivity index (χ0n) is 16.8. The molecule has 1 N–H and O–H groups in total. The highest BCUT2D eigenvalue weighted by molar-refractivity contribution is 5.47. The number of piperidine rings is 1. The fraction of sp³-hybridized carbons (Fsp3) is 0.308. The predicted molar refractivity (Wildman–Crippen MR) is 117 cm³/mol. The number of benzene rings is 3. The van der Waals surface area contributed by atoms with Crippen molar-refractivity contribution < 1.29 is 9.47 Å². The van der Waals surface area contributed by atoms with E-state index in [9.17, 15) is 0 Å². The first-order valence-corrected chi connectivity index (χ1v) is 10.5. The van der Waals surface area contributed by atoms with E-state index in [1.54, 1.807) is 0 Å². The maximum Gasteiger partial charge on any atom is 0.143 e. The second kappa shape index (κ2) is 9.84. The second-order valence-electron chi connectivity index (χ2n) is 7.45. The van der Waals surface area contributed by atoms with Crippen LogP contribution in [0.1, 0.15) is 29.5 Å². The Hall–Kier alpha value is -2.46. The van der Waals surface area contributed by atoms with E-state index in [1.165, 1.54) is 0 Å². The molecule has 1 fully saturated rings. The molecule has 3 nitrogen and oxygen atoms in total. The van der Waals surface area contributed by atoms with Gasteiger partial charge >= 0.3 is 0 Å². The first kappa shape index (κ1) is 19.8. The Bertz CT molecular complexity index is 749. The van der Waals surface area contributed by atoms with Crippen LogP contribution in [-0.4, -0.2) is 32.4 Å². The van der Waals surface area contributed by atoms with Gasteiger partial charge in [-0.25, -0.2) is 0 Å². The number of nitrogens with one attached hydrogen (secondary N) is 1. The third-order valence-corrected chi connectivity index (χ3v) is 5.58. The highest BCUT2D eigenvalue weighted by Gasteiger charge is 2.37. The first-order valence-electron chi connectivity index (χ1n) is 10.5. The summed E-state index contributed by atoms with van der Waals surface area (Å²) in [6.07, 6.45) is 2.47. The largest absolute Gasteiger partial charge is 0.376 e. The van der Waals surface area contributed by atoms with Gasteiger partial charge in [-0.15, -0.1) is 0 Å². The van der Waals surface area contributed by atoms with Crippen LogP contribution in [0.2, 0.25) is 0 Å². The third-order valence-electron chi connectivity index (χ3n) is 5.58. The van der Waals surface area contributed by atoms with Crippen molar-refractivity contribution in [3.63, 3.8) is 0 Å². The molecule has 3 heteroatoms. The molecule has 29 heavy (non-hydrogen) atoms. The molecule has 0 bridgehead atoms. The summed E-state index contributed by atoms with van der Waals surface area (Å²) in [6.45, 7) is 3.20. The van der Waals surface area contributed by atoms with Crippen LogP contribution in [0.3, 0.4) is 0 Å². The van der Waals surface area contributed by atoms with Gasteiger partial charge in [0.15, 0.2) is 0 Å². The predicted octanol–water partition coefficient (Wildman–Crippen LogP) is 4.76. The van der Waals surface area contributed by atoms with Gasteiger partial charge in [0.25, 0.3) is 0 Å². The van der Waals surface area contributed by atoms with Crippen molar-refractivity contribution in [2.24, 2.45) is 0 Å². The molecule has 0 aromatic heterocycles. The van der Waals surface area contributed by atoms with Gasteiger partial charge in [0, 0.05) is 0 Å². The lowest BCUT2D eigenvalue weighted by molar-refractivity contribution is -0.0486. The molecule has 0 amide bonds. The molecule has 1 aliphatic rings. The highest BCUT2D eigenvalue weighted by Crippen LogP contribution is 2.40. The molecule has 0 spiro atoms. The number of ether oxygens (including phenoxy) is 2. The van der Waals surface area contributed by atoms with Crippen molar-refractivity contribution in [2.45, 2.75) is 24.5 Å². The molecule has 3 aromatic rings. The van der Waals surface area contributed by atoms with Gasteiger partial charge < -0.3 is 14.8 Å². The first-order chi connectivity index (χ1) is 14.4.